The maximum absolute atomic E-state index is 13.4. The summed E-state index contributed by atoms with van der Waals surface area (Å²) in [6.45, 7) is 5.43. The van der Waals surface area contributed by atoms with Gasteiger partial charge >= 0.3 is 0 Å². The highest BCUT2D eigenvalue weighted by Crippen LogP contribution is 2.41. The molecule has 0 radical (unpaired) electrons. The van der Waals surface area contributed by atoms with Crippen LogP contribution in [0.25, 0.3) is 22.2 Å². The number of likely N-dealkylation sites (tertiary alicyclic amines) is 1. The molecule has 1 fully saturated rings. The fraction of sp³-hybridized carbons (Fsp3) is 0.280. The van der Waals surface area contributed by atoms with Gasteiger partial charge in [0.25, 0.3) is 5.91 Å². The molecule has 0 aliphatic carbocycles. The van der Waals surface area contributed by atoms with Gasteiger partial charge in [-0.15, -0.1) is 0 Å². The molecule has 6 heteroatoms. The summed E-state index contributed by atoms with van der Waals surface area (Å²) < 4.78 is 16.4. The number of aromatic nitrogens is 1. The van der Waals surface area contributed by atoms with Crippen LogP contribution in [0.1, 0.15) is 23.2 Å². The Morgan fingerprint density at radius 3 is 2.23 bits per heavy atom. The predicted molar refractivity (Wildman–Crippen MR) is 121 cm³/mol. The fourth-order valence-corrected chi connectivity index (χ4v) is 3.93. The van der Waals surface area contributed by atoms with Crippen LogP contribution in [0.3, 0.4) is 0 Å². The number of carbonyl (C=O) groups is 1. The van der Waals surface area contributed by atoms with E-state index in [4.69, 9.17) is 19.2 Å². The lowest BCUT2D eigenvalue weighted by atomic mass is 10.0. The maximum Gasteiger partial charge on any atom is 0.254 e. The Bertz CT molecular complexity index is 1120. The van der Waals surface area contributed by atoms with Crippen LogP contribution in [0.5, 0.6) is 17.2 Å². The van der Waals surface area contributed by atoms with Gasteiger partial charge in [-0.05, 0) is 37.1 Å². The van der Waals surface area contributed by atoms with Gasteiger partial charge in [-0.2, -0.15) is 0 Å². The summed E-state index contributed by atoms with van der Waals surface area (Å²) in [6, 6.07) is 13.3. The molecule has 1 aliphatic heterocycles. The Morgan fingerprint density at radius 1 is 0.968 bits per heavy atom. The van der Waals surface area contributed by atoms with E-state index in [1.807, 2.05) is 47.4 Å². The second kappa shape index (κ2) is 8.68. The number of fused-ring (bicyclic) bond motifs is 1. The molecule has 2 aromatic carbocycles. The highest BCUT2D eigenvalue weighted by atomic mass is 16.5. The van der Waals surface area contributed by atoms with Crippen LogP contribution >= 0.6 is 0 Å². The second-order valence-electron chi connectivity index (χ2n) is 7.53. The first kappa shape index (κ1) is 20.7. The number of hydrogen-bond acceptors (Lipinski definition) is 5. The standard InChI is InChI=1S/C25H26N2O4/c1-16-9-11-27(12-10-16)25(28)19-15-21(26-20-8-6-5-7-18(19)20)17-13-22(29-2)24(31-4)23(14-17)30-3/h5-8,13-15H,1,9-12H2,2-4H3. The van der Waals surface area contributed by atoms with Gasteiger partial charge in [0, 0.05) is 24.0 Å². The molecule has 0 bridgehead atoms. The van der Waals surface area contributed by atoms with Crippen molar-refractivity contribution in [2.75, 3.05) is 34.4 Å². The van der Waals surface area contributed by atoms with E-state index in [0.29, 0.717) is 41.6 Å². The van der Waals surface area contributed by atoms with E-state index in [1.54, 1.807) is 21.3 Å². The first-order valence-corrected chi connectivity index (χ1v) is 10.2. The zero-order valence-corrected chi connectivity index (χ0v) is 18.1. The topological polar surface area (TPSA) is 60.9 Å². The summed E-state index contributed by atoms with van der Waals surface area (Å²) >= 11 is 0. The molecule has 1 aliphatic rings. The van der Waals surface area contributed by atoms with Gasteiger partial charge in [0.2, 0.25) is 5.75 Å². The van der Waals surface area contributed by atoms with Gasteiger partial charge < -0.3 is 19.1 Å². The number of benzene rings is 2. The van der Waals surface area contributed by atoms with Gasteiger partial charge in [-0.1, -0.05) is 30.4 Å². The average molecular weight is 418 g/mol. The van der Waals surface area contributed by atoms with Crippen LogP contribution in [0.15, 0.2) is 54.6 Å². The molecule has 0 atom stereocenters. The van der Waals surface area contributed by atoms with Crippen molar-refractivity contribution in [2.45, 2.75) is 12.8 Å². The zero-order chi connectivity index (χ0) is 22.0. The normalized spacial score (nSPS) is 13.9. The predicted octanol–water partition coefficient (Wildman–Crippen LogP) is 4.72. The molecule has 0 saturated carbocycles. The Labute approximate surface area is 182 Å². The molecule has 160 valence electrons. The summed E-state index contributed by atoms with van der Waals surface area (Å²) in [5.74, 6) is 1.60. The number of amides is 1. The van der Waals surface area contributed by atoms with E-state index < -0.39 is 0 Å². The number of hydrogen-bond donors (Lipinski definition) is 0. The Hall–Kier alpha value is -3.54. The largest absolute Gasteiger partial charge is 0.493 e. The van der Waals surface area contributed by atoms with Crippen molar-refractivity contribution in [1.29, 1.82) is 0 Å². The molecule has 3 aromatic rings. The van der Waals surface area contributed by atoms with Crippen LogP contribution < -0.4 is 14.2 Å². The quantitative estimate of drug-likeness (QED) is 0.561. The number of piperidine rings is 1. The van der Waals surface area contributed by atoms with Crippen molar-refractivity contribution < 1.29 is 19.0 Å². The SMILES string of the molecule is C=C1CCN(C(=O)c2cc(-c3cc(OC)c(OC)c(OC)c3)nc3ccccc23)CC1. The van der Waals surface area contributed by atoms with E-state index in [0.717, 1.165) is 29.3 Å². The lowest BCUT2D eigenvalue weighted by Gasteiger charge is -2.28. The summed E-state index contributed by atoms with van der Waals surface area (Å²) in [6.07, 6.45) is 1.68. The molecule has 1 aromatic heterocycles. The first-order chi connectivity index (χ1) is 15.0. The molecule has 6 nitrogen and oxygen atoms in total. The average Bonchev–Trinajstić information content (AvgIpc) is 2.82. The monoisotopic (exact) mass is 418 g/mol. The first-order valence-electron chi connectivity index (χ1n) is 10.2. The minimum absolute atomic E-state index is 0.0137. The van der Waals surface area contributed by atoms with E-state index in [2.05, 4.69) is 6.58 Å². The molecule has 0 unspecified atom stereocenters. The Morgan fingerprint density at radius 2 is 1.61 bits per heavy atom. The number of ether oxygens (including phenoxy) is 3. The van der Waals surface area contributed by atoms with Gasteiger partial charge in [0.1, 0.15) is 0 Å². The molecule has 31 heavy (non-hydrogen) atoms. The summed E-state index contributed by atoms with van der Waals surface area (Å²) in [7, 11) is 4.72. The van der Waals surface area contributed by atoms with Gasteiger partial charge in [0.15, 0.2) is 11.5 Å². The van der Waals surface area contributed by atoms with Gasteiger partial charge in [-0.25, -0.2) is 4.98 Å². The van der Waals surface area contributed by atoms with E-state index in [1.165, 1.54) is 5.57 Å². The molecule has 0 spiro atoms. The van der Waals surface area contributed by atoms with Crippen LogP contribution in [-0.2, 0) is 0 Å². The number of para-hydroxylation sites is 1. The summed E-state index contributed by atoms with van der Waals surface area (Å²) in [5, 5.41) is 0.841. The minimum Gasteiger partial charge on any atom is -0.493 e. The van der Waals surface area contributed by atoms with Crippen LogP contribution in [0.2, 0.25) is 0 Å². The highest BCUT2D eigenvalue weighted by molar-refractivity contribution is 6.07. The van der Waals surface area contributed by atoms with Crippen molar-refractivity contribution in [3.8, 4) is 28.5 Å². The van der Waals surface area contributed by atoms with Crippen molar-refractivity contribution >= 4 is 16.8 Å². The van der Waals surface area contributed by atoms with Crippen molar-refractivity contribution in [3.05, 3.63) is 60.2 Å². The lowest BCUT2D eigenvalue weighted by Crippen LogP contribution is -2.36. The van der Waals surface area contributed by atoms with Crippen molar-refractivity contribution in [2.24, 2.45) is 0 Å². The number of carbonyl (C=O) groups excluding carboxylic acids is 1. The van der Waals surface area contributed by atoms with Crippen LogP contribution in [-0.4, -0.2) is 50.2 Å². The van der Waals surface area contributed by atoms with Crippen molar-refractivity contribution in [1.82, 2.24) is 9.88 Å². The second-order valence-corrected chi connectivity index (χ2v) is 7.53. The van der Waals surface area contributed by atoms with Gasteiger partial charge in [0.05, 0.1) is 38.1 Å². The Balaban J connectivity index is 1.85. The van der Waals surface area contributed by atoms with Gasteiger partial charge in [-0.3, -0.25) is 4.79 Å². The van der Waals surface area contributed by atoms with E-state index in [-0.39, 0.29) is 5.91 Å². The number of pyridine rings is 1. The van der Waals surface area contributed by atoms with Crippen LogP contribution in [0, 0.1) is 0 Å². The molecule has 4 rings (SSSR count). The third-order valence-electron chi connectivity index (χ3n) is 5.66. The molecular formula is C25H26N2O4. The molecular weight excluding hydrogens is 392 g/mol. The van der Waals surface area contributed by atoms with E-state index in [9.17, 15) is 4.79 Å². The number of rotatable bonds is 5. The lowest BCUT2D eigenvalue weighted by molar-refractivity contribution is 0.0746. The van der Waals surface area contributed by atoms with Crippen LogP contribution in [0.4, 0.5) is 0 Å². The Kier molecular flexibility index (Phi) is 5.80. The third-order valence-corrected chi connectivity index (χ3v) is 5.66. The third kappa shape index (κ3) is 3.93. The number of methoxy groups -OCH3 is 3. The smallest absolute Gasteiger partial charge is 0.254 e. The maximum atomic E-state index is 13.4. The highest BCUT2D eigenvalue weighted by Gasteiger charge is 2.23. The minimum atomic E-state index is 0.0137. The molecule has 1 amide bonds. The number of nitrogens with zero attached hydrogens (tertiary/aromatic N) is 2. The summed E-state index contributed by atoms with van der Waals surface area (Å²) in [5.41, 5.74) is 4.05. The summed E-state index contributed by atoms with van der Waals surface area (Å²) in [4.78, 5) is 20.2. The molecule has 1 saturated heterocycles. The van der Waals surface area contributed by atoms with E-state index >= 15 is 0 Å². The zero-order valence-electron chi connectivity index (χ0n) is 18.1. The fourth-order valence-electron chi connectivity index (χ4n) is 3.93. The van der Waals surface area contributed by atoms with Crippen molar-refractivity contribution in [3.63, 3.8) is 0 Å². The molecule has 0 N–H and O–H groups in total. The molecule has 2 heterocycles.